The molecule has 0 bridgehead atoms. The van der Waals surface area contributed by atoms with Gasteiger partial charge in [0.2, 0.25) is 0 Å². The minimum absolute atomic E-state index is 0.0548. The van der Waals surface area contributed by atoms with Gasteiger partial charge in [0.05, 0.1) is 5.56 Å². The maximum atomic E-state index is 12.5. The zero-order chi connectivity index (χ0) is 16.2. The van der Waals surface area contributed by atoms with E-state index < -0.39 is 0 Å². The zero-order valence-electron chi connectivity index (χ0n) is 13.5. The van der Waals surface area contributed by atoms with Gasteiger partial charge in [-0.2, -0.15) is 5.26 Å². The molecule has 3 unspecified atom stereocenters. The summed E-state index contributed by atoms with van der Waals surface area (Å²) < 4.78 is 0. The van der Waals surface area contributed by atoms with E-state index in [0.29, 0.717) is 35.8 Å². The third-order valence-corrected chi connectivity index (χ3v) is 4.98. The predicted octanol–water partition coefficient (Wildman–Crippen LogP) is 1.45. The lowest BCUT2D eigenvalue weighted by Gasteiger charge is -2.26. The number of pyridine rings is 1. The van der Waals surface area contributed by atoms with E-state index in [2.05, 4.69) is 15.8 Å². The van der Waals surface area contributed by atoms with Crippen LogP contribution in [0.2, 0.25) is 0 Å². The van der Waals surface area contributed by atoms with Crippen LogP contribution in [0.15, 0.2) is 18.3 Å². The van der Waals surface area contributed by atoms with Crippen molar-refractivity contribution >= 4 is 5.91 Å². The van der Waals surface area contributed by atoms with Gasteiger partial charge in [0.1, 0.15) is 11.8 Å². The van der Waals surface area contributed by atoms with Gasteiger partial charge in [0.15, 0.2) is 0 Å². The number of hydrogen-bond donors (Lipinski definition) is 2. The Hall–Kier alpha value is -1.97. The Labute approximate surface area is 136 Å². The molecule has 2 fully saturated rings. The quantitative estimate of drug-likeness (QED) is 0.883. The summed E-state index contributed by atoms with van der Waals surface area (Å²) in [6.07, 6.45) is 7.78. The van der Waals surface area contributed by atoms with E-state index in [1.165, 1.54) is 38.3 Å². The van der Waals surface area contributed by atoms with Crippen molar-refractivity contribution < 1.29 is 4.79 Å². The first kappa shape index (κ1) is 15.9. The summed E-state index contributed by atoms with van der Waals surface area (Å²) in [5.74, 6) is 0.535. The van der Waals surface area contributed by atoms with Gasteiger partial charge in [-0.05, 0) is 30.9 Å². The Morgan fingerprint density at radius 1 is 1.35 bits per heavy atom. The Balaban J connectivity index is 1.62. The Bertz CT molecular complexity index is 594. The molecular formula is C17H23N5O. The van der Waals surface area contributed by atoms with E-state index in [1.807, 2.05) is 13.1 Å². The number of carbonyl (C=O) groups is 1. The van der Waals surface area contributed by atoms with Crippen molar-refractivity contribution in [2.24, 2.45) is 5.92 Å². The summed E-state index contributed by atoms with van der Waals surface area (Å²) >= 11 is 0. The molecule has 6 nitrogen and oxygen atoms in total. The van der Waals surface area contributed by atoms with Crippen molar-refractivity contribution in [1.82, 2.24) is 20.7 Å². The van der Waals surface area contributed by atoms with Crippen LogP contribution >= 0.6 is 0 Å². The highest BCUT2D eigenvalue weighted by molar-refractivity contribution is 5.93. The number of amides is 1. The summed E-state index contributed by atoms with van der Waals surface area (Å²) in [4.78, 5) is 18.2. The predicted molar refractivity (Wildman–Crippen MR) is 86.3 cm³/mol. The number of likely N-dealkylation sites (N-methyl/N-ethyl adjacent to an activating group) is 1. The molecule has 2 aliphatic rings. The molecule has 2 heterocycles. The lowest BCUT2D eigenvalue weighted by Crippen LogP contribution is -2.43. The van der Waals surface area contributed by atoms with Crippen LogP contribution in [-0.4, -0.2) is 41.5 Å². The minimum atomic E-state index is -0.0548. The summed E-state index contributed by atoms with van der Waals surface area (Å²) in [6, 6.07) is 6.03. The minimum Gasteiger partial charge on any atom is -0.340 e. The van der Waals surface area contributed by atoms with Gasteiger partial charge < -0.3 is 4.90 Å². The molecule has 6 heteroatoms. The van der Waals surface area contributed by atoms with Gasteiger partial charge in [0.25, 0.3) is 5.91 Å². The lowest BCUT2D eigenvalue weighted by molar-refractivity contribution is 0.0774. The van der Waals surface area contributed by atoms with Crippen molar-refractivity contribution in [2.45, 2.75) is 44.2 Å². The standard InChI is InChI=1S/C17H23N5O/c1-22(17(23)12-7-8-13(9-18)19-10-12)11-16-14-5-3-2-4-6-15(14)20-21-16/h7-8,10,14-16,20-21H,2-6,11H2,1H3. The van der Waals surface area contributed by atoms with E-state index in [1.54, 1.807) is 17.0 Å². The Morgan fingerprint density at radius 3 is 2.91 bits per heavy atom. The average molecular weight is 313 g/mol. The first-order valence-electron chi connectivity index (χ1n) is 8.31. The van der Waals surface area contributed by atoms with Gasteiger partial charge in [0, 0.05) is 31.9 Å². The Morgan fingerprint density at radius 2 is 2.17 bits per heavy atom. The number of aromatic nitrogens is 1. The van der Waals surface area contributed by atoms with Crippen LogP contribution in [0, 0.1) is 17.2 Å². The fraction of sp³-hybridized carbons (Fsp3) is 0.588. The molecule has 2 N–H and O–H groups in total. The molecule has 1 aliphatic heterocycles. The van der Waals surface area contributed by atoms with Crippen LogP contribution < -0.4 is 10.9 Å². The third-order valence-electron chi connectivity index (χ3n) is 4.98. The molecule has 3 rings (SSSR count). The topological polar surface area (TPSA) is 81.0 Å². The van der Waals surface area contributed by atoms with Crippen molar-refractivity contribution in [3.63, 3.8) is 0 Å². The molecule has 1 aromatic rings. The number of hydrazine groups is 1. The molecule has 3 atom stereocenters. The van der Waals surface area contributed by atoms with Crippen LogP contribution in [0.5, 0.6) is 0 Å². The number of hydrogen-bond acceptors (Lipinski definition) is 5. The smallest absolute Gasteiger partial charge is 0.255 e. The number of nitrogens with zero attached hydrogens (tertiary/aromatic N) is 3. The number of fused-ring (bicyclic) bond motifs is 1. The van der Waals surface area contributed by atoms with Gasteiger partial charge in [-0.25, -0.2) is 4.98 Å². The molecule has 0 radical (unpaired) electrons. The monoisotopic (exact) mass is 313 g/mol. The van der Waals surface area contributed by atoms with Crippen LogP contribution in [0.4, 0.5) is 0 Å². The normalized spacial score (nSPS) is 26.9. The second kappa shape index (κ2) is 7.07. The van der Waals surface area contributed by atoms with Gasteiger partial charge >= 0.3 is 0 Å². The first-order valence-corrected chi connectivity index (χ1v) is 8.31. The fourth-order valence-corrected chi connectivity index (χ4v) is 3.68. The second-order valence-electron chi connectivity index (χ2n) is 6.53. The van der Waals surface area contributed by atoms with Gasteiger partial charge in [-0.1, -0.05) is 19.3 Å². The fourth-order valence-electron chi connectivity index (χ4n) is 3.68. The van der Waals surface area contributed by atoms with Crippen molar-refractivity contribution in [1.29, 1.82) is 5.26 Å². The molecule has 0 aromatic carbocycles. The maximum Gasteiger partial charge on any atom is 0.255 e. The second-order valence-corrected chi connectivity index (χ2v) is 6.53. The molecule has 1 amide bonds. The summed E-state index contributed by atoms with van der Waals surface area (Å²) in [5, 5.41) is 8.78. The zero-order valence-corrected chi connectivity index (χ0v) is 13.5. The van der Waals surface area contributed by atoms with Crippen LogP contribution in [0.1, 0.15) is 48.2 Å². The van der Waals surface area contributed by atoms with Crippen molar-refractivity contribution in [3.05, 3.63) is 29.6 Å². The molecule has 23 heavy (non-hydrogen) atoms. The first-order chi connectivity index (χ1) is 11.2. The molecule has 122 valence electrons. The van der Waals surface area contributed by atoms with Crippen LogP contribution in [-0.2, 0) is 0 Å². The van der Waals surface area contributed by atoms with Gasteiger partial charge in [-0.15, -0.1) is 0 Å². The molecule has 1 saturated heterocycles. The number of nitriles is 1. The highest BCUT2D eigenvalue weighted by Crippen LogP contribution is 2.29. The van der Waals surface area contributed by atoms with Crippen molar-refractivity contribution in [3.8, 4) is 6.07 Å². The lowest BCUT2D eigenvalue weighted by atomic mass is 9.90. The molecule has 0 spiro atoms. The average Bonchev–Trinajstić information content (AvgIpc) is 2.81. The third kappa shape index (κ3) is 3.52. The molecular weight excluding hydrogens is 290 g/mol. The van der Waals surface area contributed by atoms with E-state index >= 15 is 0 Å². The number of rotatable bonds is 3. The number of nitrogens with one attached hydrogen (secondary N) is 2. The van der Waals surface area contributed by atoms with E-state index in [9.17, 15) is 4.79 Å². The Kier molecular flexibility index (Phi) is 4.89. The largest absolute Gasteiger partial charge is 0.340 e. The highest BCUT2D eigenvalue weighted by atomic mass is 16.2. The molecule has 1 aromatic heterocycles. The number of carbonyl (C=O) groups excluding carboxylic acids is 1. The highest BCUT2D eigenvalue weighted by Gasteiger charge is 2.37. The van der Waals surface area contributed by atoms with E-state index in [0.717, 1.165) is 0 Å². The van der Waals surface area contributed by atoms with E-state index in [4.69, 9.17) is 5.26 Å². The summed E-state index contributed by atoms with van der Waals surface area (Å²) in [6.45, 7) is 0.674. The van der Waals surface area contributed by atoms with Crippen LogP contribution in [0.3, 0.4) is 0 Å². The van der Waals surface area contributed by atoms with Gasteiger partial charge in [-0.3, -0.25) is 15.6 Å². The molecule has 1 saturated carbocycles. The van der Waals surface area contributed by atoms with Crippen molar-refractivity contribution in [2.75, 3.05) is 13.6 Å². The molecule has 1 aliphatic carbocycles. The summed E-state index contributed by atoms with van der Waals surface area (Å²) in [7, 11) is 1.83. The van der Waals surface area contributed by atoms with Crippen LogP contribution in [0.25, 0.3) is 0 Å². The summed E-state index contributed by atoms with van der Waals surface area (Å²) in [5.41, 5.74) is 7.64. The SMILES string of the molecule is CN(CC1NNC2CCCCCC21)C(=O)c1ccc(C#N)nc1. The maximum absolute atomic E-state index is 12.5. The van der Waals surface area contributed by atoms with E-state index in [-0.39, 0.29) is 5.91 Å².